The maximum absolute atomic E-state index is 5.89. The number of hydrogen-bond acceptors (Lipinski definition) is 1. The quantitative estimate of drug-likeness (QED) is 0.242. The van der Waals surface area contributed by atoms with E-state index in [-0.39, 0.29) is 0 Å². The average molecular weight is 341 g/mol. The van der Waals surface area contributed by atoms with E-state index in [0.717, 1.165) is 16.2 Å². The summed E-state index contributed by atoms with van der Waals surface area (Å²) in [5, 5.41) is 0.777. The minimum atomic E-state index is 0.663. The zero-order valence-corrected chi connectivity index (χ0v) is 16.1. The van der Waals surface area contributed by atoms with Crippen LogP contribution in [0.5, 0.6) is 0 Å². The molecule has 0 fully saturated rings. The van der Waals surface area contributed by atoms with Gasteiger partial charge in [-0.15, -0.1) is 0 Å². The van der Waals surface area contributed by atoms with Crippen LogP contribution in [0.15, 0.2) is 24.3 Å². The van der Waals surface area contributed by atoms with Crippen LogP contribution in [0, 0.1) is 0 Å². The van der Waals surface area contributed by atoms with E-state index in [1.807, 2.05) is 24.3 Å². The van der Waals surface area contributed by atoms with Gasteiger partial charge in [-0.3, -0.25) is 0 Å². The summed E-state index contributed by atoms with van der Waals surface area (Å²) in [6.07, 6.45) is 11.0. The Kier molecular flexibility index (Phi) is 10.6. The van der Waals surface area contributed by atoms with Gasteiger partial charge in [0, 0.05) is 5.02 Å². The Hall–Kier alpha value is -0.570. The van der Waals surface area contributed by atoms with Gasteiger partial charge in [-0.25, -0.2) is 0 Å². The summed E-state index contributed by atoms with van der Waals surface area (Å²) in [6, 6.07) is 7.89. The monoisotopic (exact) mass is 340 g/mol. The van der Waals surface area contributed by atoms with Crippen LogP contribution in [0.2, 0.25) is 5.02 Å². The van der Waals surface area contributed by atoms with Crippen LogP contribution in [0.4, 0.5) is 0 Å². The highest BCUT2D eigenvalue weighted by Crippen LogP contribution is 2.12. The second kappa shape index (κ2) is 11.9. The van der Waals surface area contributed by atoms with Crippen molar-refractivity contribution in [3.05, 3.63) is 34.9 Å². The van der Waals surface area contributed by atoms with Crippen LogP contribution in [-0.2, 0) is 11.3 Å². The third-order valence-electron chi connectivity index (χ3n) is 4.24. The van der Waals surface area contributed by atoms with Gasteiger partial charge in [-0.1, -0.05) is 69.2 Å². The van der Waals surface area contributed by atoms with E-state index in [4.69, 9.17) is 16.3 Å². The van der Waals surface area contributed by atoms with Crippen molar-refractivity contribution in [3.8, 4) is 0 Å². The fourth-order valence-electron chi connectivity index (χ4n) is 2.73. The molecule has 0 radical (unpaired) electrons. The molecule has 0 unspecified atom stereocenters. The molecule has 0 amide bonds. The van der Waals surface area contributed by atoms with Crippen molar-refractivity contribution in [3.63, 3.8) is 0 Å². The van der Waals surface area contributed by atoms with Crippen LogP contribution < -0.4 is 0 Å². The number of unbranched alkanes of at least 4 members (excludes halogenated alkanes) is 7. The predicted molar refractivity (Wildman–Crippen MR) is 101 cm³/mol. The SMILES string of the molecule is CCCCCCCCCC[N+](C)(C)COCc1ccc(Cl)cc1. The average Bonchev–Trinajstić information content (AvgIpc) is 2.52. The summed E-state index contributed by atoms with van der Waals surface area (Å²) in [5.41, 5.74) is 1.18. The number of rotatable bonds is 13. The highest BCUT2D eigenvalue weighted by molar-refractivity contribution is 6.30. The third-order valence-corrected chi connectivity index (χ3v) is 4.49. The fraction of sp³-hybridized carbons (Fsp3) is 0.700. The lowest BCUT2D eigenvalue weighted by Crippen LogP contribution is -2.42. The highest BCUT2D eigenvalue weighted by Gasteiger charge is 2.14. The van der Waals surface area contributed by atoms with Gasteiger partial charge in [-0.2, -0.15) is 0 Å². The van der Waals surface area contributed by atoms with Gasteiger partial charge in [0.1, 0.15) is 0 Å². The molecule has 0 aliphatic heterocycles. The molecule has 0 aliphatic carbocycles. The van der Waals surface area contributed by atoms with Gasteiger partial charge < -0.3 is 9.22 Å². The molecule has 2 nitrogen and oxygen atoms in total. The lowest BCUT2D eigenvalue weighted by Gasteiger charge is -2.29. The Balaban J connectivity index is 2.05. The molecule has 0 aromatic heterocycles. The lowest BCUT2D eigenvalue weighted by atomic mass is 10.1. The zero-order chi connectivity index (χ0) is 17.0. The van der Waals surface area contributed by atoms with E-state index in [1.54, 1.807) is 0 Å². The molecule has 132 valence electrons. The molecule has 0 spiro atoms. The normalized spacial score (nSPS) is 11.8. The summed E-state index contributed by atoms with van der Waals surface area (Å²) in [7, 11) is 4.51. The molecular weight excluding hydrogens is 306 g/mol. The Morgan fingerprint density at radius 1 is 0.870 bits per heavy atom. The summed E-state index contributed by atoms with van der Waals surface area (Å²) < 4.78 is 6.81. The largest absolute Gasteiger partial charge is 0.327 e. The van der Waals surface area contributed by atoms with Gasteiger partial charge in [0.25, 0.3) is 0 Å². The molecule has 0 atom stereocenters. The van der Waals surface area contributed by atoms with Crippen molar-refractivity contribution in [2.24, 2.45) is 0 Å². The van der Waals surface area contributed by atoms with Crippen molar-refractivity contribution < 1.29 is 9.22 Å². The zero-order valence-electron chi connectivity index (χ0n) is 15.3. The fourth-order valence-corrected chi connectivity index (χ4v) is 2.86. The molecule has 0 saturated carbocycles. The molecule has 0 N–H and O–H groups in total. The third kappa shape index (κ3) is 10.8. The Bertz CT molecular complexity index is 403. The molecule has 0 aliphatic rings. The Labute approximate surface area is 148 Å². The van der Waals surface area contributed by atoms with Crippen molar-refractivity contribution in [2.45, 2.75) is 64.9 Å². The molecule has 1 rings (SSSR count). The topological polar surface area (TPSA) is 9.23 Å². The highest BCUT2D eigenvalue weighted by atomic mass is 35.5. The maximum atomic E-state index is 5.89. The molecule has 3 heteroatoms. The van der Waals surface area contributed by atoms with Gasteiger partial charge in [0.05, 0.1) is 27.2 Å². The minimum Gasteiger partial charge on any atom is -0.327 e. The molecular formula is C20H35ClNO+. The number of nitrogens with zero attached hydrogens (tertiary/aromatic N) is 1. The van der Waals surface area contributed by atoms with E-state index in [0.29, 0.717) is 6.61 Å². The van der Waals surface area contributed by atoms with E-state index in [1.165, 1.54) is 63.5 Å². The van der Waals surface area contributed by atoms with Gasteiger partial charge in [-0.05, 0) is 30.5 Å². The molecule has 23 heavy (non-hydrogen) atoms. The first kappa shape index (κ1) is 20.5. The summed E-state index contributed by atoms with van der Waals surface area (Å²) >= 11 is 5.89. The van der Waals surface area contributed by atoms with Crippen LogP contribution >= 0.6 is 11.6 Å². The van der Waals surface area contributed by atoms with Gasteiger partial charge >= 0.3 is 0 Å². The Morgan fingerprint density at radius 2 is 1.43 bits per heavy atom. The minimum absolute atomic E-state index is 0.663. The van der Waals surface area contributed by atoms with E-state index < -0.39 is 0 Å². The first-order valence-electron chi connectivity index (χ1n) is 9.18. The van der Waals surface area contributed by atoms with Gasteiger partial charge in [0.2, 0.25) is 0 Å². The van der Waals surface area contributed by atoms with Crippen molar-refractivity contribution >= 4 is 11.6 Å². The first-order chi connectivity index (χ1) is 11.0. The molecule has 0 heterocycles. The van der Waals surface area contributed by atoms with Crippen molar-refractivity contribution in [1.29, 1.82) is 0 Å². The van der Waals surface area contributed by atoms with E-state index in [2.05, 4.69) is 21.0 Å². The lowest BCUT2D eigenvalue weighted by molar-refractivity contribution is -0.910. The van der Waals surface area contributed by atoms with E-state index >= 15 is 0 Å². The summed E-state index contributed by atoms with van der Waals surface area (Å²) in [6.45, 7) is 4.89. The number of hydrogen-bond donors (Lipinski definition) is 0. The second-order valence-corrected chi connectivity index (χ2v) is 7.67. The summed E-state index contributed by atoms with van der Waals surface area (Å²) in [4.78, 5) is 0. The molecule has 1 aromatic carbocycles. The molecule has 0 bridgehead atoms. The van der Waals surface area contributed by atoms with Crippen molar-refractivity contribution in [1.82, 2.24) is 0 Å². The number of ether oxygens (including phenoxy) is 1. The predicted octanol–water partition coefficient (Wildman–Crippen LogP) is 6.03. The van der Waals surface area contributed by atoms with Crippen LogP contribution in [-0.4, -0.2) is 31.9 Å². The second-order valence-electron chi connectivity index (χ2n) is 7.24. The molecule has 1 aromatic rings. The smallest absolute Gasteiger partial charge is 0.183 e. The van der Waals surface area contributed by atoms with Crippen LogP contribution in [0.25, 0.3) is 0 Å². The summed E-state index contributed by atoms with van der Waals surface area (Å²) in [5.74, 6) is 0. The van der Waals surface area contributed by atoms with Gasteiger partial charge in [0.15, 0.2) is 6.73 Å². The first-order valence-corrected chi connectivity index (χ1v) is 9.55. The van der Waals surface area contributed by atoms with Crippen molar-refractivity contribution in [2.75, 3.05) is 27.4 Å². The standard InChI is InChI=1S/C20H35ClNO/c1-4-5-6-7-8-9-10-11-16-22(2,3)18-23-17-19-12-14-20(21)15-13-19/h12-15H,4-11,16-18H2,1-3H3/q+1. The number of halogens is 1. The maximum Gasteiger partial charge on any atom is 0.183 e. The number of quaternary nitrogens is 1. The molecule has 0 saturated heterocycles. The van der Waals surface area contributed by atoms with Crippen LogP contribution in [0.3, 0.4) is 0 Å². The van der Waals surface area contributed by atoms with E-state index in [9.17, 15) is 0 Å². The number of benzene rings is 1. The van der Waals surface area contributed by atoms with Crippen LogP contribution in [0.1, 0.15) is 63.9 Å². The Morgan fingerprint density at radius 3 is 2.04 bits per heavy atom.